The topological polar surface area (TPSA) is 66.8 Å². The van der Waals surface area contributed by atoms with Crippen molar-refractivity contribution < 1.29 is 27.4 Å². The molecular weight excluding hydrogens is 665 g/mol. The van der Waals surface area contributed by atoms with Gasteiger partial charge in [0.15, 0.2) is 0 Å². The highest BCUT2D eigenvalue weighted by atomic mass is 31.2. The van der Waals surface area contributed by atoms with Gasteiger partial charge in [-0.3, -0.25) is 9.36 Å². The van der Waals surface area contributed by atoms with Gasteiger partial charge in [-0.1, -0.05) is 101 Å². The molecule has 3 aromatic carbocycles. The van der Waals surface area contributed by atoms with Crippen LogP contribution in [0.3, 0.4) is 0 Å². The molecule has 9 heteroatoms. The first kappa shape index (κ1) is 37.5. The maximum absolute atomic E-state index is 14.8. The standard InChI is InChI=1S/C41H49FNO5PSi/c1-30(2)39-36(40(31-21-23-32(42)24-22-31)43-26-15-14-20-37(39)43)25-27-49(45,47-7)29-33(28-38(44)46-6)48-50(41(3,4)5,34-16-10-8-11-17-34)35-18-12-9-13-19-35/h8-13,16-19,21-24,30,33H,14-15,20,26,28-29H2,1-7H3/t33-,49?/m0/s1. The van der Waals surface area contributed by atoms with E-state index in [1.54, 1.807) is 12.1 Å². The molecule has 2 heterocycles. The summed E-state index contributed by atoms with van der Waals surface area (Å²) in [5.41, 5.74) is 7.99. The van der Waals surface area contributed by atoms with E-state index in [9.17, 15) is 13.8 Å². The summed E-state index contributed by atoms with van der Waals surface area (Å²) < 4.78 is 49.4. The minimum atomic E-state index is -3.73. The molecule has 1 aromatic heterocycles. The lowest BCUT2D eigenvalue weighted by Gasteiger charge is -2.45. The molecule has 0 amide bonds. The van der Waals surface area contributed by atoms with Crippen LogP contribution in [0.25, 0.3) is 11.3 Å². The number of nitrogens with zero attached hydrogens (tertiary/aromatic N) is 1. The van der Waals surface area contributed by atoms with Crippen molar-refractivity contribution in [3.8, 4) is 22.8 Å². The second kappa shape index (κ2) is 15.7. The first-order valence-electron chi connectivity index (χ1n) is 17.4. The number of fused-ring (bicyclic) bond motifs is 1. The fourth-order valence-electron chi connectivity index (χ4n) is 7.35. The molecule has 0 saturated carbocycles. The molecule has 0 fully saturated rings. The van der Waals surface area contributed by atoms with Gasteiger partial charge in [0, 0.05) is 19.3 Å². The summed E-state index contributed by atoms with van der Waals surface area (Å²) in [6.45, 7) is 11.6. The number of esters is 1. The fraction of sp³-hybridized carbons (Fsp3) is 0.390. The number of hydrogen-bond acceptors (Lipinski definition) is 5. The molecule has 0 spiro atoms. The third-order valence-electron chi connectivity index (χ3n) is 9.63. The van der Waals surface area contributed by atoms with Gasteiger partial charge in [-0.25, -0.2) is 4.39 Å². The zero-order valence-electron chi connectivity index (χ0n) is 30.3. The molecule has 264 valence electrons. The maximum atomic E-state index is 14.8. The van der Waals surface area contributed by atoms with Gasteiger partial charge in [0.25, 0.3) is 15.7 Å². The summed E-state index contributed by atoms with van der Waals surface area (Å²) >= 11 is 0. The van der Waals surface area contributed by atoms with Gasteiger partial charge in [0.2, 0.25) is 0 Å². The summed E-state index contributed by atoms with van der Waals surface area (Å²) in [6, 6.07) is 26.7. The molecule has 2 atom stereocenters. The number of aromatic nitrogens is 1. The van der Waals surface area contributed by atoms with E-state index in [4.69, 9.17) is 13.7 Å². The predicted molar refractivity (Wildman–Crippen MR) is 202 cm³/mol. The van der Waals surface area contributed by atoms with Crippen LogP contribution >= 0.6 is 7.37 Å². The molecule has 1 aliphatic rings. The minimum Gasteiger partial charge on any atom is -0.469 e. The Morgan fingerprint density at radius 3 is 2.06 bits per heavy atom. The highest BCUT2D eigenvalue weighted by molar-refractivity contribution is 7.64. The van der Waals surface area contributed by atoms with Crippen molar-refractivity contribution in [1.29, 1.82) is 0 Å². The van der Waals surface area contributed by atoms with Crippen LogP contribution in [0, 0.1) is 17.4 Å². The Labute approximate surface area is 297 Å². The Balaban J connectivity index is 1.64. The Kier molecular flexibility index (Phi) is 11.7. The minimum absolute atomic E-state index is 0.105. The van der Waals surface area contributed by atoms with Gasteiger partial charge >= 0.3 is 5.97 Å². The molecule has 0 bridgehead atoms. The van der Waals surface area contributed by atoms with Crippen LogP contribution in [0.15, 0.2) is 84.9 Å². The second-order valence-electron chi connectivity index (χ2n) is 14.3. The Morgan fingerprint density at radius 1 is 0.940 bits per heavy atom. The zero-order chi connectivity index (χ0) is 36.1. The number of benzene rings is 3. The molecule has 5 rings (SSSR count). The number of methoxy groups -OCH3 is 1. The van der Waals surface area contributed by atoms with E-state index in [2.05, 4.69) is 75.0 Å². The van der Waals surface area contributed by atoms with Crippen LogP contribution in [0.1, 0.15) is 76.6 Å². The molecule has 0 saturated heterocycles. The van der Waals surface area contributed by atoms with Gasteiger partial charge in [0.1, 0.15) is 5.82 Å². The van der Waals surface area contributed by atoms with Crippen molar-refractivity contribution in [2.24, 2.45) is 0 Å². The van der Waals surface area contributed by atoms with Crippen molar-refractivity contribution in [3.05, 3.63) is 108 Å². The summed E-state index contributed by atoms with van der Waals surface area (Å²) in [5.74, 6) is 2.72. The van der Waals surface area contributed by atoms with Crippen LogP contribution < -0.4 is 10.4 Å². The third kappa shape index (κ3) is 7.77. The van der Waals surface area contributed by atoms with Gasteiger partial charge in [-0.15, -0.1) is 0 Å². The van der Waals surface area contributed by atoms with Crippen molar-refractivity contribution in [1.82, 2.24) is 4.57 Å². The van der Waals surface area contributed by atoms with Crippen molar-refractivity contribution >= 4 is 32.0 Å². The Bertz CT molecular complexity index is 1850. The number of hydrogen-bond donors (Lipinski definition) is 0. The quantitative estimate of drug-likeness (QED) is 0.0675. The molecule has 1 unspecified atom stereocenters. The fourth-order valence-corrected chi connectivity index (χ4v) is 13.5. The highest BCUT2D eigenvalue weighted by Gasteiger charge is 2.52. The summed E-state index contributed by atoms with van der Waals surface area (Å²) in [7, 11) is -4.12. The number of carbonyl (C=O) groups is 1. The van der Waals surface area contributed by atoms with Gasteiger partial charge < -0.3 is 18.3 Å². The molecular formula is C41H49FNO5PSi. The zero-order valence-corrected chi connectivity index (χ0v) is 32.2. The van der Waals surface area contributed by atoms with Crippen molar-refractivity contribution in [3.63, 3.8) is 0 Å². The number of carbonyl (C=O) groups excluding carboxylic acids is 1. The molecule has 0 N–H and O–H groups in total. The lowest BCUT2D eigenvalue weighted by atomic mass is 9.94. The summed E-state index contributed by atoms with van der Waals surface area (Å²) in [4.78, 5) is 13.0. The Hall–Kier alpha value is -3.73. The molecule has 0 aliphatic carbocycles. The average molecular weight is 714 g/mol. The Morgan fingerprint density at radius 2 is 1.54 bits per heavy atom. The van der Waals surface area contributed by atoms with E-state index in [1.165, 1.54) is 32.0 Å². The first-order valence-corrected chi connectivity index (χ1v) is 21.1. The largest absolute Gasteiger partial charge is 0.469 e. The van der Waals surface area contributed by atoms with Crippen molar-refractivity contribution in [2.45, 2.75) is 83.9 Å². The van der Waals surface area contributed by atoms with Crippen LogP contribution in [0.4, 0.5) is 4.39 Å². The van der Waals surface area contributed by atoms with E-state index in [1.807, 2.05) is 36.4 Å². The second-order valence-corrected chi connectivity index (χ2v) is 20.9. The van der Waals surface area contributed by atoms with E-state index in [0.717, 1.165) is 58.6 Å². The summed E-state index contributed by atoms with van der Waals surface area (Å²) in [5, 5.41) is 1.70. The van der Waals surface area contributed by atoms with Crippen LogP contribution in [0.5, 0.6) is 0 Å². The van der Waals surface area contributed by atoms with Gasteiger partial charge in [-0.2, -0.15) is 0 Å². The van der Waals surface area contributed by atoms with Crippen molar-refractivity contribution in [2.75, 3.05) is 20.4 Å². The van der Waals surface area contributed by atoms with Crippen LogP contribution in [0.2, 0.25) is 5.04 Å². The van der Waals surface area contributed by atoms with Gasteiger partial charge in [0.05, 0.1) is 37.1 Å². The highest BCUT2D eigenvalue weighted by Crippen LogP contribution is 2.48. The monoisotopic (exact) mass is 713 g/mol. The van der Waals surface area contributed by atoms with E-state index in [-0.39, 0.29) is 29.4 Å². The van der Waals surface area contributed by atoms with Crippen LogP contribution in [-0.2, 0) is 36.0 Å². The maximum Gasteiger partial charge on any atom is 0.308 e. The van der Waals surface area contributed by atoms with E-state index in [0.29, 0.717) is 0 Å². The van der Waals surface area contributed by atoms with E-state index < -0.39 is 27.8 Å². The first-order chi connectivity index (χ1) is 23.8. The lowest BCUT2D eigenvalue weighted by Crippen LogP contribution is -2.68. The summed E-state index contributed by atoms with van der Waals surface area (Å²) in [6.07, 6.45) is 1.98. The van der Waals surface area contributed by atoms with E-state index >= 15 is 0 Å². The average Bonchev–Trinajstić information content (AvgIpc) is 3.44. The van der Waals surface area contributed by atoms with Crippen LogP contribution in [-0.4, -0.2) is 45.3 Å². The SMILES string of the molecule is COC(=O)C[C@@H](CP(=O)(C#Cc1c(C(C)C)c2n(c1-c1ccc(F)cc1)CCCC2)OC)O[Si](c1ccccc1)(c1ccccc1)C(C)(C)C. The number of rotatable bonds is 11. The predicted octanol–water partition coefficient (Wildman–Crippen LogP) is 8.50. The normalized spacial score (nSPS) is 15.1. The molecule has 50 heavy (non-hydrogen) atoms. The number of halogens is 1. The molecule has 4 aromatic rings. The molecule has 6 nitrogen and oxygen atoms in total. The third-order valence-corrected chi connectivity index (χ3v) is 16.6. The number of ether oxygens (including phenoxy) is 1. The molecule has 1 aliphatic heterocycles. The molecule has 0 radical (unpaired) electrons. The smallest absolute Gasteiger partial charge is 0.308 e. The van der Waals surface area contributed by atoms with Gasteiger partial charge in [-0.05, 0) is 81.6 Å². The lowest BCUT2D eigenvalue weighted by molar-refractivity contribution is -0.142.